The van der Waals surface area contributed by atoms with Crippen LogP contribution in [0, 0.1) is 0 Å². The van der Waals surface area contributed by atoms with Gasteiger partial charge in [-0.2, -0.15) is 0 Å². The quantitative estimate of drug-likeness (QED) is 0.550. The summed E-state index contributed by atoms with van der Waals surface area (Å²) in [7, 11) is 0. The van der Waals surface area contributed by atoms with E-state index >= 15 is 0 Å². The van der Waals surface area contributed by atoms with Crippen molar-refractivity contribution in [2.45, 2.75) is 26.3 Å². The fraction of sp³-hybridized carbons (Fsp3) is 0.500. The minimum atomic E-state index is 0.0904. The van der Waals surface area contributed by atoms with E-state index in [1.165, 1.54) is 0 Å². The average molecular weight is 195 g/mol. The van der Waals surface area contributed by atoms with Crippen molar-refractivity contribution in [1.29, 1.82) is 0 Å². The third-order valence-electron chi connectivity index (χ3n) is 1.96. The minimum Gasteiger partial charge on any atom is -0.492 e. The summed E-state index contributed by atoms with van der Waals surface area (Å²) in [5, 5.41) is 0. The number of nitrogens with one attached hydrogen (secondary N) is 1. The van der Waals surface area contributed by atoms with Gasteiger partial charge in [-0.1, -0.05) is 6.92 Å². The Labute approximate surface area is 84.4 Å². The summed E-state index contributed by atoms with van der Waals surface area (Å²) in [6, 6.07) is 2.04. The van der Waals surface area contributed by atoms with Gasteiger partial charge in [0.05, 0.1) is 12.8 Å². The van der Waals surface area contributed by atoms with E-state index in [4.69, 9.17) is 10.6 Å². The van der Waals surface area contributed by atoms with Gasteiger partial charge >= 0.3 is 0 Å². The van der Waals surface area contributed by atoms with E-state index < -0.39 is 0 Å². The summed E-state index contributed by atoms with van der Waals surface area (Å²) in [5.74, 6) is 6.13. The van der Waals surface area contributed by atoms with Crippen molar-refractivity contribution in [3.8, 4) is 5.75 Å². The highest BCUT2D eigenvalue weighted by atomic mass is 16.5. The lowest BCUT2D eigenvalue weighted by atomic mass is 10.1. The molecule has 0 saturated carbocycles. The van der Waals surface area contributed by atoms with Crippen LogP contribution in [0.4, 0.5) is 0 Å². The second-order valence-corrected chi connectivity index (χ2v) is 3.19. The largest absolute Gasteiger partial charge is 0.492 e. The molecule has 1 heterocycles. The summed E-state index contributed by atoms with van der Waals surface area (Å²) in [6.45, 7) is 4.76. The van der Waals surface area contributed by atoms with Crippen LogP contribution in [0.5, 0.6) is 5.75 Å². The topological polar surface area (TPSA) is 60.2 Å². The van der Waals surface area contributed by atoms with Crippen LogP contribution in [-0.4, -0.2) is 11.6 Å². The smallest absolute Gasteiger partial charge is 0.137 e. The van der Waals surface area contributed by atoms with Gasteiger partial charge in [-0.15, -0.1) is 0 Å². The highest BCUT2D eigenvalue weighted by Gasteiger charge is 2.04. The SMILES string of the molecule is CCCOc1cncc(C(C)NN)c1. The second-order valence-electron chi connectivity index (χ2n) is 3.19. The molecule has 78 valence electrons. The fourth-order valence-corrected chi connectivity index (χ4v) is 1.07. The Morgan fingerprint density at radius 3 is 3.00 bits per heavy atom. The Balaban J connectivity index is 2.68. The first-order chi connectivity index (χ1) is 6.77. The molecule has 4 heteroatoms. The van der Waals surface area contributed by atoms with Crippen molar-refractivity contribution in [3.63, 3.8) is 0 Å². The van der Waals surface area contributed by atoms with E-state index in [2.05, 4.69) is 17.3 Å². The van der Waals surface area contributed by atoms with Crippen LogP contribution in [0.2, 0.25) is 0 Å². The predicted molar refractivity (Wildman–Crippen MR) is 55.8 cm³/mol. The average Bonchev–Trinajstić information content (AvgIpc) is 2.25. The molecule has 0 saturated heterocycles. The van der Waals surface area contributed by atoms with Crippen molar-refractivity contribution in [2.24, 2.45) is 5.84 Å². The summed E-state index contributed by atoms with van der Waals surface area (Å²) in [5.41, 5.74) is 3.70. The maximum absolute atomic E-state index is 5.46. The molecule has 1 rings (SSSR count). The molecule has 1 atom stereocenters. The first-order valence-electron chi connectivity index (χ1n) is 4.81. The molecule has 1 aromatic heterocycles. The lowest BCUT2D eigenvalue weighted by molar-refractivity contribution is 0.315. The van der Waals surface area contributed by atoms with Crippen LogP contribution in [0.1, 0.15) is 31.9 Å². The van der Waals surface area contributed by atoms with E-state index in [-0.39, 0.29) is 6.04 Å². The van der Waals surface area contributed by atoms with Gasteiger partial charge in [0.15, 0.2) is 0 Å². The fourth-order valence-electron chi connectivity index (χ4n) is 1.07. The predicted octanol–water partition coefficient (Wildman–Crippen LogP) is 1.39. The van der Waals surface area contributed by atoms with Gasteiger partial charge in [0.25, 0.3) is 0 Å². The number of ether oxygens (including phenoxy) is 1. The third kappa shape index (κ3) is 2.97. The van der Waals surface area contributed by atoms with Gasteiger partial charge in [-0.25, -0.2) is 0 Å². The molecule has 1 aromatic rings. The van der Waals surface area contributed by atoms with Crippen LogP contribution in [0.15, 0.2) is 18.5 Å². The highest BCUT2D eigenvalue weighted by Crippen LogP contribution is 2.16. The Kier molecular flexibility index (Phi) is 4.35. The number of rotatable bonds is 5. The normalized spacial score (nSPS) is 12.5. The zero-order valence-corrected chi connectivity index (χ0v) is 8.66. The molecule has 4 nitrogen and oxygen atoms in total. The number of nitrogens with two attached hydrogens (primary N) is 1. The van der Waals surface area contributed by atoms with E-state index in [1.807, 2.05) is 13.0 Å². The van der Waals surface area contributed by atoms with Gasteiger partial charge < -0.3 is 4.74 Å². The molecule has 1 unspecified atom stereocenters. The zero-order valence-electron chi connectivity index (χ0n) is 8.66. The summed E-state index contributed by atoms with van der Waals surface area (Å²) in [4.78, 5) is 4.09. The summed E-state index contributed by atoms with van der Waals surface area (Å²) >= 11 is 0. The Hall–Kier alpha value is -1.13. The van der Waals surface area contributed by atoms with Gasteiger partial charge in [-0.3, -0.25) is 16.3 Å². The van der Waals surface area contributed by atoms with Gasteiger partial charge in [0, 0.05) is 12.2 Å². The lowest BCUT2D eigenvalue weighted by Crippen LogP contribution is -2.25. The molecule has 0 aliphatic heterocycles. The van der Waals surface area contributed by atoms with Crippen LogP contribution < -0.4 is 16.0 Å². The Morgan fingerprint density at radius 1 is 1.57 bits per heavy atom. The lowest BCUT2D eigenvalue weighted by Gasteiger charge is -2.11. The summed E-state index contributed by atoms with van der Waals surface area (Å²) in [6.07, 6.45) is 4.49. The van der Waals surface area contributed by atoms with E-state index in [1.54, 1.807) is 12.4 Å². The van der Waals surface area contributed by atoms with Crippen molar-refractivity contribution in [3.05, 3.63) is 24.0 Å². The minimum absolute atomic E-state index is 0.0904. The maximum atomic E-state index is 5.46. The third-order valence-corrected chi connectivity index (χ3v) is 1.96. The number of hydrogen-bond donors (Lipinski definition) is 2. The first kappa shape index (κ1) is 10.9. The molecule has 0 spiro atoms. The molecule has 0 amide bonds. The van der Waals surface area contributed by atoms with Crippen LogP contribution >= 0.6 is 0 Å². The van der Waals surface area contributed by atoms with Crippen molar-refractivity contribution >= 4 is 0 Å². The molecule has 0 radical (unpaired) electrons. The standard InChI is InChI=1S/C10H17N3O/c1-3-4-14-10-5-9(6-12-7-10)8(2)13-11/h5-8,13H,3-4,11H2,1-2H3. The zero-order chi connectivity index (χ0) is 10.4. The molecule has 0 bridgehead atoms. The summed E-state index contributed by atoms with van der Waals surface area (Å²) < 4.78 is 5.46. The number of hydrazine groups is 1. The molecular weight excluding hydrogens is 178 g/mol. The van der Waals surface area contributed by atoms with Crippen LogP contribution in [0.25, 0.3) is 0 Å². The monoisotopic (exact) mass is 195 g/mol. The Bertz CT molecular complexity index is 278. The van der Waals surface area contributed by atoms with Crippen molar-refractivity contribution in [1.82, 2.24) is 10.4 Å². The number of aromatic nitrogens is 1. The van der Waals surface area contributed by atoms with Crippen LogP contribution in [0.3, 0.4) is 0 Å². The molecule has 0 aromatic carbocycles. The van der Waals surface area contributed by atoms with Gasteiger partial charge in [0.1, 0.15) is 5.75 Å². The van der Waals surface area contributed by atoms with Crippen molar-refractivity contribution < 1.29 is 4.74 Å². The molecule has 3 N–H and O–H groups in total. The van der Waals surface area contributed by atoms with E-state index in [0.717, 1.165) is 24.3 Å². The molecule has 0 fully saturated rings. The van der Waals surface area contributed by atoms with Gasteiger partial charge in [0.2, 0.25) is 0 Å². The molecule has 14 heavy (non-hydrogen) atoms. The van der Waals surface area contributed by atoms with Crippen molar-refractivity contribution in [2.75, 3.05) is 6.61 Å². The van der Waals surface area contributed by atoms with E-state index in [9.17, 15) is 0 Å². The maximum Gasteiger partial charge on any atom is 0.137 e. The highest BCUT2D eigenvalue weighted by molar-refractivity contribution is 5.25. The molecule has 0 aliphatic carbocycles. The number of nitrogens with zero attached hydrogens (tertiary/aromatic N) is 1. The van der Waals surface area contributed by atoms with E-state index in [0.29, 0.717) is 0 Å². The second kappa shape index (κ2) is 5.57. The van der Waals surface area contributed by atoms with Gasteiger partial charge in [-0.05, 0) is 25.0 Å². The number of pyridine rings is 1. The molecule has 0 aliphatic rings. The van der Waals surface area contributed by atoms with Crippen LogP contribution in [-0.2, 0) is 0 Å². The number of hydrogen-bond acceptors (Lipinski definition) is 4. The Morgan fingerprint density at radius 2 is 2.36 bits per heavy atom. The molecular formula is C10H17N3O. The first-order valence-corrected chi connectivity index (χ1v) is 4.81.